The van der Waals surface area contributed by atoms with Gasteiger partial charge in [-0.15, -0.1) is 0 Å². The van der Waals surface area contributed by atoms with Crippen LogP contribution in [0, 0.1) is 6.92 Å². The average Bonchev–Trinajstić information content (AvgIpc) is 2.36. The van der Waals surface area contributed by atoms with E-state index in [0.717, 1.165) is 23.4 Å². The van der Waals surface area contributed by atoms with Crippen LogP contribution in [0.3, 0.4) is 0 Å². The largest absolute Gasteiger partial charge is 0.476 e. The van der Waals surface area contributed by atoms with Crippen molar-refractivity contribution in [1.29, 1.82) is 0 Å². The van der Waals surface area contributed by atoms with E-state index in [-0.39, 0.29) is 5.91 Å². The summed E-state index contributed by atoms with van der Waals surface area (Å²) in [4.78, 5) is 11.8. The summed E-state index contributed by atoms with van der Waals surface area (Å²) in [5.41, 5.74) is 2.01. The molecule has 4 heteroatoms. The quantitative estimate of drug-likeness (QED) is 0.837. The maximum absolute atomic E-state index is 11.8. The van der Waals surface area contributed by atoms with Gasteiger partial charge in [0, 0.05) is 6.54 Å². The van der Waals surface area contributed by atoms with E-state index in [0.29, 0.717) is 13.1 Å². The molecule has 1 atom stereocenters. The molecule has 0 radical (unpaired) electrons. The number of hydrogen-bond acceptors (Lipinski definition) is 3. The van der Waals surface area contributed by atoms with Crippen LogP contribution in [0.2, 0.25) is 0 Å². The number of anilines is 1. The van der Waals surface area contributed by atoms with Gasteiger partial charge < -0.3 is 15.4 Å². The Hall–Kier alpha value is -1.71. The number of amides is 1. The van der Waals surface area contributed by atoms with E-state index in [4.69, 9.17) is 4.74 Å². The van der Waals surface area contributed by atoms with E-state index < -0.39 is 6.10 Å². The summed E-state index contributed by atoms with van der Waals surface area (Å²) in [5.74, 6) is 0.739. The third-order valence-electron chi connectivity index (χ3n) is 2.79. The second-order valence-corrected chi connectivity index (χ2v) is 4.23. The molecular formula is C13H18N2O2. The Labute approximate surface area is 101 Å². The first-order valence-electron chi connectivity index (χ1n) is 6.00. The molecule has 0 bridgehead atoms. The molecule has 1 aromatic rings. The molecule has 92 valence electrons. The van der Waals surface area contributed by atoms with Gasteiger partial charge in [0.2, 0.25) is 0 Å². The van der Waals surface area contributed by atoms with Crippen molar-refractivity contribution in [2.75, 3.05) is 18.4 Å². The van der Waals surface area contributed by atoms with E-state index in [1.54, 1.807) is 0 Å². The van der Waals surface area contributed by atoms with Gasteiger partial charge in [-0.05, 0) is 25.0 Å². The van der Waals surface area contributed by atoms with Crippen LogP contribution in [-0.2, 0) is 4.79 Å². The zero-order valence-corrected chi connectivity index (χ0v) is 10.2. The molecule has 1 aromatic carbocycles. The summed E-state index contributed by atoms with van der Waals surface area (Å²) < 4.78 is 5.75. The van der Waals surface area contributed by atoms with E-state index in [1.165, 1.54) is 0 Å². The number of para-hydroxylation sites is 1. The summed E-state index contributed by atoms with van der Waals surface area (Å²) in [6, 6.07) is 5.91. The third kappa shape index (κ3) is 2.52. The van der Waals surface area contributed by atoms with Crippen LogP contribution in [0.15, 0.2) is 18.2 Å². The molecule has 0 spiro atoms. The molecule has 1 heterocycles. The molecule has 0 saturated heterocycles. The fraction of sp³-hybridized carbons (Fsp3) is 0.462. The Bertz CT molecular complexity index is 418. The van der Waals surface area contributed by atoms with Crippen molar-refractivity contribution in [3.63, 3.8) is 0 Å². The van der Waals surface area contributed by atoms with Crippen LogP contribution >= 0.6 is 0 Å². The second kappa shape index (κ2) is 5.08. The van der Waals surface area contributed by atoms with E-state index in [2.05, 4.69) is 10.6 Å². The first-order valence-corrected chi connectivity index (χ1v) is 6.00. The number of ether oxygens (including phenoxy) is 1. The Morgan fingerprint density at radius 2 is 2.41 bits per heavy atom. The lowest BCUT2D eigenvalue weighted by molar-refractivity contribution is -0.127. The molecule has 4 nitrogen and oxygen atoms in total. The summed E-state index contributed by atoms with van der Waals surface area (Å²) in [5, 5.41) is 6.07. The highest BCUT2D eigenvalue weighted by Gasteiger charge is 2.26. The minimum atomic E-state index is -0.435. The number of carbonyl (C=O) groups excluding carboxylic acids is 1. The maximum atomic E-state index is 11.8. The molecule has 0 saturated carbocycles. The predicted molar refractivity (Wildman–Crippen MR) is 67.4 cm³/mol. The highest BCUT2D eigenvalue weighted by molar-refractivity contribution is 5.83. The molecule has 2 rings (SSSR count). The van der Waals surface area contributed by atoms with E-state index in [9.17, 15) is 4.79 Å². The Balaban J connectivity index is 2.07. The Morgan fingerprint density at radius 3 is 3.18 bits per heavy atom. The van der Waals surface area contributed by atoms with Gasteiger partial charge in [0.15, 0.2) is 6.10 Å². The Kier molecular flexibility index (Phi) is 3.52. The summed E-state index contributed by atoms with van der Waals surface area (Å²) in [7, 11) is 0. The van der Waals surface area contributed by atoms with E-state index in [1.807, 2.05) is 32.0 Å². The molecule has 0 aromatic heterocycles. The van der Waals surface area contributed by atoms with Crippen molar-refractivity contribution in [3.8, 4) is 5.75 Å². The van der Waals surface area contributed by atoms with Crippen molar-refractivity contribution < 1.29 is 9.53 Å². The minimum absolute atomic E-state index is 0.0479. The summed E-state index contributed by atoms with van der Waals surface area (Å²) >= 11 is 0. The lowest BCUT2D eigenvalue weighted by Crippen LogP contribution is -2.45. The molecule has 1 unspecified atom stereocenters. The van der Waals surface area contributed by atoms with Crippen LogP contribution in [0.4, 0.5) is 5.69 Å². The van der Waals surface area contributed by atoms with Gasteiger partial charge >= 0.3 is 0 Å². The molecule has 1 aliphatic rings. The number of benzene rings is 1. The number of nitrogens with one attached hydrogen (secondary N) is 2. The van der Waals surface area contributed by atoms with Crippen LogP contribution in [0.25, 0.3) is 0 Å². The zero-order chi connectivity index (χ0) is 12.3. The van der Waals surface area contributed by atoms with Crippen molar-refractivity contribution in [3.05, 3.63) is 23.8 Å². The molecule has 2 N–H and O–H groups in total. The number of aryl methyl sites for hydroxylation is 1. The molecule has 1 amide bonds. The van der Waals surface area contributed by atoms with Gasteiger partial charge in [-0.1, -0.05) is 19.1 Å². The smallest absolute Gasteiger partial charge is 0.262 e. The van der Waals surface area contributed by atoms with Gasteiger partial charge in [0.25, 0.3) is 5.91 Å². The SMILES string of the molecule is CCCNC(=O)C1CNc2cccc(C)c2O1. The molecule has 17 heavy (non-hydrogen) atoms. The average molecular weight is 234 g/mol. The number of hydrogen-bond donors (Lipinski definition) is 2. The lowest BCUT2D eigenvalue weighted by Gasteiger charge is -2.27. The van der Waals surface area contributed by atoms with Gasteiger partial charge in [-0.25, -0.2) is 0 Å². The van der Waals surface area contributed by atoms with Crippen molar-refractivity contribution in [2.45, 2.75) is 26.4 Å². The van der Waals surface area contributed by atoms with E-state index >= 15 is 0 Å². The van der Waals surface area contributed by atoms with Crippen molar-refractivity contribution >= 4 is 11.6 Å². The minimum Gasteiger partial charge on any atom is -0.476 e. The summed E-state index contributed by atoms with van der Waals surface area (Å²) in [6.45, 7) is 5.22. The molecular weight excluding hydrogens is 216 g/mol. The topological polar surface area (TPSA) is 50.4 Å². The highest BCUT2D eigenvalue weighted by Crippen LogP contribution is 2.32. The molecule has 1 aliphatic heterocycles. The first kappa shape index (κ1) is 11.8. The monoisotopic (exact) mass is 234 g/mol. The van der Waals surface area contributed by atoms with Crippen LogP contribution < -0.4 is 15.4 Å². The van der Waals surface area contributed by atoms with Gasteiger partial charge in [-0.3, -0.25) is 4.79 Å². The van der Waals surface area contributed by atoms with Crippen molar-refractivity contribution in [2.24, 2.45) is 0 Å². The lowest BCUT2D eigenvalue weighted by atomic mass is 10.1. The predicted octanol–water partition coefficient (Wildman–Crippen LogP) is 1.69. The highest BCUT2D eigenvalue weighted by atomic mass is 16.5. The van der Waals surface area contributed by atoms with Crippen LogP contribution in [-0.4, -0.2) is 25.1 Å². The fourth-order valence-electron chi connectivity index (χ4n) is 1.84. The number of carbonyl (C=O) groups is 1. The normalized spacial score (nSPS) is 17.6. The second-order valence-electron chi connectivity index (χ2n) is 4.23. The van der Waals surface area contributed by atoms with Gasteiger partial charge in [0.05, 0.1) is 12.2 Å². The summed E-state index contributed by atoms with van der Waals surface area (Å²) in [6.07, 6.45) is 0.497. The van der Waals surface area contributed by atoms with Gasteiger partial charge in [-0.2, -0.15) is 0 Å². The molecule has 0 aliphatic carbocycles. The zero-order valence-electron chi connectivity index (χ0n) is 10.2. The van der Waals surface area contributed by atoms with Gasteiger partial charge in [0.1, 0.15) is 5.75 Å². The maximum Gasteiger partial charge on any atom is 0.262 e. The first-order chi connectivity index (χ1) is 8.22. The third-order valence-corrected chi connectivity index (χ3v) is 2.79. The standard InChI is InChI=1S/C13H18N2O2/c1-3-7-14-13(16)11-8-15-10-6-4-5-9(2)12(10)17-11/h4-6,11,15H,3,7-8H2,1-2H3,(H,14,16). The van der Waals surface area contributed by atoms with Crippen LogP contribution in [0.1, 0.15) is 18.9 Å². The van der Waals surface area contributed by atoms with Crippen LogP contribution in [0.5, 0.6) is 5.75 Å². The fourth-order valence-corrected chi connectivity index (χ4v) is 1.84. The Morgan fingerprint density at radius 1 is 1.59 bits per heavy atom. The van der Waals surface area contributed by atoms with Crippen molar-refractivity contribution in [1.82, 2.24) is 5.32 Å². The number of rotatable bonds is 3. The number of fused-ring (bicyclic) bond motifs is 1. The molecule has 0 fully saturated rings.